The number of likely N-dealkylation sites (tertiary alicyclic amines) is 1. The van der Waals surface area contributed by atoms with E-state index in [-0.39, 0.29) is 6.10 Å². The van der Waals surface area contributed by atoms with E-state index in [0.717, 1.165) is 24.1 Å². The summed E-state index contributed by atoms with van der Waals surface area (Å²) in [4.78, 5) is 5.08. The van der Waals surface area contributed by atoms with Gasteiger partial charge in [0.15, 0.2) is 0 Å². The molecular weight excluding hydrogens is 248 g/mol. The van der Waals surface area contributed by atoms with Gasteiger partial charge < -0.3 is 14.9 Å². The predicted octanol–water partition coefficient (Wildman–Crippen LogP) is 2.66. The largest absolute Gasteiger partial charge is 0.389 e. The summed E-state index contributed by atoms with van der Waals surface area (Å²) in [6.45, 7) is 5.42. The molecule has 2 aliphatic rings. The Morgan fingerprint density at radius 3 is 2.60 bits per heavy atom. The molecule has 1 aromatic carbocycles. The molecule has 3 atom stereocenters. The molecule has 2 fully saturated rings. The average molecular weight is 274 g/mol. The maximum Gasteiger partial charge on any atom is 0.0761 e. The zero-order valence-electron chi connectivity index (χ0n) is 12.6. The van der Waals surface area contributed by atoms with Gasteiger partial charge in [-0.2, -0.15) is 0 Å². The molecule has 3 unspecified atom stereocenters. The third kappa shape index (κ3) is 2.70. The summed E-state index contributed by atoms with van der Waals surface area (Å²) in [5.41, 5.74) is 2.31. The summed E-state index contributed by atoms with van der Waals surface area (Å²) in [7, 11) is 2.28. The first-order valence-electron chi connectivity index (χ1n) is 7.88. The smallest absolute Gasteiger partial charge is 0.0761 e. The minimum absolute atomic E-state index is 0.373. The van der Waals surface area contributed by atoms with Crippen LogP contribution in [-0.2, 0) is 0 Å². The van der Waals surface area contributed by atoms with E-state index in [1.807, 2.05) is 6.92 Å². The summed E-state index contributed by atoms with van der Waals surface area (Å²) in [5, 5.41) is 9.59. The van der Waals surface area contributed by atoms with Crippen molar-refractivity contribution in [2.24, 2.45) is 5.92 Å². The van der Waals surface area contributed by atoms with Crippen molar-refractivity contribution in [2.45, 2.75) is 38.3 Å². The number of nitrogens with zero attached hydrogens (tertiary/aromatic N) is 2. The Hall–Kier alpha value is -1.06. The molecule has 0 bridgehead atoms. The van der Waals surface area contributed by atoms with Crippen LogP contribution in [-0.4, -0.2) is 42.7 Å². The third-order valence-electron chi connectivity index (χ3n) is 5.09. The van der Waals surface area contributed by atoms with Gasteiger partial charge in [-0.3, -0.25) is 0 Å². The second-order valence-electron chi connectivity index (χ2n) is 6.45. The lowest BCUT2D eigenvalue weighted by Gasteiger charge is -2.46. The number of anilines is 1. The van der Waals surface area contributed by atoms with Crippen LogP contribution in [0.1, 0.15) is 37.9 Å². The number of aliphatic hydroxyl groups excluding tert-OH is 1. The lowest BCUT2D eigenvalue weighted by atomic mass is 9.84. The average Bonchev–Trinajstić information content (AvgIpc) is 2.47. The van der Waals surface area contributed by atoms with Crippen molar-refractivity contribution < 1.29 is 5.11 Å². The van der Waals surface area contributed by atoms with Crippen molar-refractivity contribution in [1.82, 2.24) is 4.90 Å². The first-order chi connectivity index (χ1) is 9.65. The van der Waals surface area contributed by atoms with E-state index in [2.05, 4.69) is 41.1 Å². The summed E-state index contributed by atoms with van der Waals surface area (Å²) < 4.78 is 0. The van der Waals surface area contributed by atoms with Crippen LogP contribution >= 0.6 is 0 Å². The Balaban J connectivity index is 1.69. The molecule has 0 aromatic heterocycles. The fraction of sp³-hybridized carbons (Fsp3) is 0.647. The minimum Gasteiger partial charge on any atom is -0.389 e. The first kappa shape index (κ1) is 13.9. The van der Waals surface area contributed by atoms with Crippen molar-refractivity contribution >= 4 is 5.69 Å². The van der Waals surface area contributed by atoms with Gasteiger partial charge in [-0.05, 0) is 63.4 Å². The van der Waals surface area contributed by atoms with Gasteiger partial charge in [0.05, 0.1) is 6.10 Å². The van der Waals surface area contributed by atoms with Crippen molar-refractivity contribution in [3.63, 3.8) is 0 Å². The van der Waals surface area contributed by atoms with E-state index >= 15 is 0 Å². The summed E-state index contributed by atoms with van der Waals surface area (Å²) in [6, 6.07) is 9.22. The molecule has 3 heteroatoms. The number of hydrogen-bond acceptors (Lipinski definition) is 3. The van der Waals surface area contributed by atoms with Crippen LogP contribution in [0, 0.1) is 5.92 Å². The molecule has 0 radical (unpaired) electrons. The topological polar surface area (TPSA) is 26.7 Å². The molecule has 1 aromatic rings. The molecule has 1 N–H and O–H groups in total. The van der Waals surface area contributed by atoms with E-state index in [1.165, 1.54) is 38.0 Å². The zero-order chi connectivity index (χ0) is 14.1. The molecule has 3 rings (SSSR count). The Morgan fingerprint density at radius 2 is 1.90 bits per heavy atom. The van der Waals surface area contributed by atoms with Gasteiger partial charge in [0, 0.05) is 24.8 Å². The fourth-order valence-corrected chi connectivity index (χ4v) is 3.85. The molecule has 0 spiro atoms. The quantitative estimate of drug-likeness (QED) is 0.898. The molecule has 0 saturated carbocycles. The lowest BCUT2D eigenvalue weighted by Crippen LogP contribution is -2.52. The van der Waals surface area contributed by atoms with Crippen LogP contribution in [0.2, 0.25) is 0 Å². The fourth-order valence-electron chi connectivity index (χ4n) is 3.85. The molecule has 110 valence electrons. The summed E-state index contributed by atoms with van der Waals surface area (Å²) >= 11 is 0. The number of aliphatic hydroxyl groups is 1. The van der Waals surface area contributed by atoms with Crippen molar-refractivity contribution in [3.8, 4) is 0 Å². The molecule has 3 nitrogen and oxygen atoms in total. The van der Waals surface area contributed by atoms with Crippen LogP contribution < -0.4 is 4.90 Å². The highest BCUT2D eigenvalue weighted by molar-refractivity contribution is 5.48. The molecule has 0 aliphatic carbocycles. The number of fused-ring (bicyclic) bond motifs is 1. The van der Waals surface area contributed by atoms with E-state index in [9.17, 15) is 5.11 Å². The number of benzene rings is 1. The normalized spacial score (nSPS) is 29.1. The number of rotatable bonds is 2. The van der Waals surface area contributed by atoms with E-state index in [4.69, 9.17) is 0 Å². The highest BCUT2D eigenvalue weighted by Gasteiger charge is 2.34. The van der Waals surface area contributed by atoms with E-state index in [0.29, 0.717) is 0 Å². The van der Waals surface area contributed by atoms with Gasteiger partial charge in [-0.15, -0.1) is 0 Å². The number of piperidine rings is 2. The number of hydrogen-bond donors (Lipinski definition) is 1. The molecular formula is C17H26N2O. The highest BCUT2D eigenvalue weighted by atomic mass is 16.3. The molecule has 2 heterocycles. The predicted molar refractivity (Wildman–Crippen MR) is 83.0 cm³/mol. The van der Waals surface area contributed by atoms with Gasteiger partial charge in [-0.25, -0.2) is 0 Å². The SMILES string of the molecule is CC(O)c1ccc(N2CCC3C(CCCN3C)C2)cc1. The Bertz CT molecular complexity index is 443. The van der Waals surface area contributed by atoms with Crippen LogP contribution in [0.5, 0.6) is 0 Å². The first-order valence-corrected chi connectivity index (χ1v) is 7.88. The molecule has 2 saturated heterocycles. The van der Waals surface area contributed by atoms with E-state index < -0.39 is 0 Å². The van der Waals surface area contributed by atoms with Crippen molar-refractivity contribution in [2.75, 3.05) is 31.6 Å². The van der Waals surface area contributed by atoms with E-state index in [1.54, 1.807) is 0 Å². The Labute approximate surface area is 122 Å². The van der Waals surface area contributed by atoms with Gasteiger partial charge >= 0.3 is 0 Å². The third-order valence-corrected chi connectivity index (χ3v) is 5.09. The van der Waals surface area contributed by atoms with Gasteiger partial charge in [0.2, 0.25) is 0 Å². The van der Waals surface area contributed by atoms with Crippen LogP contribution in [0.4, 0.5) is 5.69 Å². The standard InChI is InChI=1S/C17H26N2O/c1-13(20)14-5-7-16(8-6-14)19-11-9-17-15(12-19)4-3-10-18(17)2/h5-8,13,15,17,20H,3-4,9-12H2,1-2H3. The minimum atomic E-state index is -0.373. The second kappa shape index (κ2) is 5.74. The molecule has 20 heavy (non-hydrogen) atoms. The molecule has 2 aliphatic heterocycles. The summed E-state index contributed by atoms with van der Waals surface area (Å²) in [5.74, 6) is 0.818. The van der Waals surface area contributed by atoms with Crippen molar-refractivity contribution in [3.05, 3.63) is 29.8 Å². The van der Waals surface area contributed by atoms with Crippen LogP contribution in [0.3, 0.4) is 0 Å². The Morgan fingerprint density at radius 1 is 1.15 bits per heavy atom. The van der Waals surface area contributed by atoms with Crippen LogP contribution in [0.25, 0.3) is 0 Å². The zero-order valence-corrected chi connectivity index (χ0v) is 12.6. The van der Waals surface area contributed by atoms with Crippen molar-refractivity contribution in [1.29, 1.82) is 0 Å². The lowest BCUT2D eigenvalue weighted by molar-refractivity contribution is 0.102. The Kier molecular flexibility index (Phi) is 3.99. The maximum absolute atomic E-state index is 9.59. The van der Waals surface area contributed by atoms with Gasteiger partial charge in [0.1, 0.15) is 0 Å². The molecule has 0 amide bonds. The summed E-state index contributed by atoms with van der Waals surface area (Å²) in [6.07, 6.45) is 3.62. The van der Waals surface area contributed by atoms with Gasteiger partial charge in [0.25, 0.3) is 0 Å². The maximum atomic E-state index is 9.59. The van der Waals surface area contributed by atoms with Crippen LogP contribution in [0.15, 0.2) is 24.3 Å². The highest BCUT2D eigenvalue weighted by Crippen LogP contribution is 2.32. The monoisotopic (exact) mass is 274 g/mol. The second-order valence-corrected chi connectivity index (χ2v) is 6.45. The van der Waals surface area contributed by atoms with Gasteiger partial charge in [-0.1, -0.05) is 12.1 Å².